The molecule has 1 nitrogen and oxygen atoms in total. The highest BCUT2D eigenvalue weighted by Crippen LogP contribution is 2.44. The fourth-order valence-electron chi connectivity index (χ4n) is 3.39. The second-order valence-electron chi connectivity index (χ2n) is 7.29. The molecule has 3 atom stereocenters. The second-order valence-corrected chi connectivity index (χ2v) is 8.45. The van der Waals surface area contributed by atoms with Gasteiger partial charge in [0.2, 0.25) is 0 Å². The molecule has 126 valence electrons. The molecule has 0 aromatic carbocycles. The van der Waals surface area contributed by atoms with Crippen LogP contribution in [0.2, 0.25) is 0 Å². The lowest BCUT2D eigenvalue weighted by atomic mass is 9.65. The Morgan fingerprint density at radius 2 is 1.76 bits per heavy atom. The lowest BCUT2D eigenvalue weighted by molar-refractivity contribution is -0.0329. The first-order valence-electron chi connectivity index (χ1n) is 8.05. The molecule has 1 fully saturated rings. The number of thioether (sulfide) groups is 1. The molecule has 0 aromatic heterocycles. The van der Waals surface area contributed by atoms with Gasteiger partial charge < -0.3 is 5.32 Å². The number of halogens is 3. The molecule has 0 aromatic rings. The summed E-state index contributed by atoms with van der Waals surface area (Å²) in [7, 11) is 0. The molecule has 0 heterocycles. The zero-order valence-electron chi connectivity index (χ0n) is 13.7. The van der Waals surface area contributed by atoms with Crippen molar-refractivity contribution in [3.63, 3.8) is 0 Å². The van der Waals surface area contributed by atoms with E-state index in [-0.39, 0.29) is 22.9 Å². The van der Waals surface area contributed by atoms with Crippen LogP contribution in [0, 0.1) is 23.2 Å². The van der Waals surface area contributed by atoms with Crippen molar-refractivity contribution in [2.24, 2.45) is 23.2 Å². The smallest absolute Gasteiger partial charge is 0.317 e. The highest BCUT2D eigenvalue weighted by atomic mass is 32.2. The van der Waals surface area contributed by atoms with Gasteiger partial charge in [-0.2, -0.15) is 13.2 Å². The largest absolute Gasteiger partial charge is 0.441 e. The van der Waals surface area contributed by atoms with Gasteiger partial charge in [0.1, 0.15) is 0 Å². The number of nitrogens with one attached hydrogen (secondary N) is 1. The van der Waals surface area contributed by atoms with Gasteiger partial charge in [0.05, 0.1) is 0 Å². The summed E-state index contributed by atoms with van der Waals surface area (Å²) in [6, 6.07) is 0. The molecular formula is C16H30F3NS. The van der Waals surface area contributed by atoms with E-state index >= 15 is 0 Å². The first-order valence-corrected chi connectivity index (χ1v) is 9.03. The predicted molar refractivity (Wildman–Crippen MR) is 85.4 cm³/mol. The minimum Gasteiger partial charge on any atom is -0.317 e. The number of hydrogen-bond donors (Lipinski definition) is 1. The minimum absolute atomic E-state index is 0.141. The van der Waals surface area contributed by atoms with Gasteiger partial charge in [-0.3, -0.25) is 0 Å². The van der Waals surface area contributed by atoms with Crippen molar-refractivity contribution in [1.82, 2.24) is 5.32 Å². The summed E-state index contributed by atoms with van der Waals surface area (Å²) in [5, 5.41) is 3.38. The molecule has 0 bridgehead atoms. The third-order valence-electron chi connectivity index (χ3n) is 4.78. The molecule has 5 heteroatoms. The van der Waals surface area contributed by atoms with Crippen molar-refractivity contribution in [3.8, 4) is 0 Å². The van der Waals surface area contributed by atoms with Crippen LogP contribution < -0.4 is 5.32 Å². The molecule has 1 aliphatic carbocycles. The topological polar surface area (TPSA) is 12.0 Å². The summed E-state index contributed by atoms with van der Waals surface area (Å²) >= 11 is 0.141. The van der Waals surface area contributed by atoms with Crippen molar-refractivity contribution in [3.05, 3.63) is 0 Å². The van der Waals surface area contributed by atoms with Gasteiger partial charge in [-0.25, -0.2) is 0 Å². The van der Waals surface area contributed by atoms with Crippen LogP contribution in [-0.4, -0.2) is 24.4 Å². The van der Waals surface area contributed by atoms with Crippen molar-refractivity contribution < 1.29 is 13.2 Å². The Balaban J connectivity index is 2.56. The highest BCUT2D eigenvalue weighted by Gasteiger charge is 2.36. The molecule has 1 N–H and O–H groups in total. The average molecular weight is 325 g/mol. The lowest BCUT2D eigenvalue weighted by Crippen LogP contribution is -2.37. The molecule has 0 aliphatic heterocycles. The molecule has 3 unspecified atom stereocenters. The van der Waals surface area contributed by atoms with Gasteiger partial charge in [0.25, 0.3) is 0 Å². The maximum Gasteiger partial charge on any atom is 0.441 e. The Labute approximate surface area is 131 Å². The van der Waals surface area contributed by atoms with Crippen LogP contribution in [0.4, 0.5) is 13.2 Å². The third-order valence-corrected chi connectivity index (χ3v) is 5.54. The Bertz CT molecular complexity index is 299. The quantitative estimate of drug-likeness (QED) is 0.709. The lowest BCUT2D eigenvalue weighted by Gasteiger charge is -2.42. The predicted octanol–water partition coefficient (Wildman–Crippen LogP) is 5.32. The maximum atomic E-state index is 12.3. The summed E-state index contributed by atoms with van der Waals surface area (Å²) in [6.45, 7) is 10.7. The summed E-state index contributed by atoms with van der Waals surface area (Å²) in [6.07, 6.45) is 4.13. The van der Waals surface area contributed by atoms with Crippen LogP contribution in [0.25, 0.3) is 0 Å². The third kappa shape index (κ3) is 7.27. The van der Waals surface area contributed by atoms with E-state index in [9.17, 15) is 13.2 Å². The summed E-state index contributed by atoms with van der Waals surface area (Å²) in [4.78, 5) is 0. The zero-order chi connectivity index (χ0) is 16.1. The van der Waals surface area contributed by atoms with Gasteiger partial charge >= 0.3 is 5.51 Å². The van der Waals surface area contributed by atoms with Gasteiger partial charge in [0, 0.05) is 5.75 Å². The minimum atomic E-state index is -4.09. The van der Waals surface area contributed by atoms with Gasteiger partial charge in [-0.15, -0.1) is 0 Å². The average Bonchev–Trinajstić information content (AvgIpc) is 2.34. The van der Waals surface area contributed by atoms with E-state index in [4.69, 9.17) is 0 Å². The van der Waals surface area contributed by atoms with Crippen LogP contribution in [-0.2, 0) is 0 Å². The van der Waals surface area contributed by atoms with E-state index < -0.39 is 5.51 Å². The van der Waals surface area contributed by atoms with E-state index in [2.05, 4.69) is 33.0 Å². The van der Waals surface area contributed by atoms with Crippen molar-refractivity contribution in [1.29, 1.82) is 0 Å². The maximum absolute atomic E-state index is 12.3. The van der Waals surface area contributed by atoms with E-state index in [0.29, 0.717) is 24.2 Å². The van der Waals surface area contributed by atoms with Crippen molar-refractivity contribution in [2.45, 2.75) is 58.9 Å². The van der Waals surface area contributed by atoms with Gasteiger partial charge in [0.15, 0.2) is 0 Å². The highest BCUT2D eigenvalue weighted by molar-refractivity contribution is 8.00. The fraction of sp³-hybridized carbons (Fsp3) is 1.00. The van der Waals surface area contributed by atoms with E-state index in [1.54, 1.807) is 0 Å². The Morgan fingerprint density at radius 3 is 2.29 bits per heavy atom. The van der Waals surface area contributed by atoms with Crippen molar-refractivity contribution >= 4 is 11.8 Å². The summed E-state index contributed by atoms with van der Waals surface area (Å²) in [5.74, 6) is 1.80. The molecule has 0 amide bonds. The molecule has 0 saturated heterocycles. The number of hydrogen-bond acceptors (Lipinski definition) is 2. The van der Waals surface area contributed by atoms with Crippen LogP contribution >= 0.6 is 11.8 Å². The molecular weight excluding hydrogens is 295 g/mol. The van der Waals surface area contributed by atoms with E-state index in [0.717, 1.165) is 25.9 Å². The normalized spacial score (nSPS) is 27.9. The molecule has 0 radical (unpaired) electrons. The van der Waals surface area contributed by atoms with Crippen LogP contribution in [0.3, 0.4) is 0 Å². The van der Waals surface area contributed by atoms with E-state index in [1.165, 1.54) is 6.42 Å². The Morgan fingerprint density at radius 1 is 1.10 bits per heavy atom. The fourth-order valence-corrected chi connectivity index (χ4v) is 4.04. The van der Waals surface area contributed by atoms with Gasteiger partial charge in [-0.05, 0) is 61.9 Å². The molecule has 0 spiro atoms. The summed E-state index contributed by atoms with van der Waals surface area (Å²) in [5.41, 5.74) is -3.83. The number of alkyl halides is 3. The second kappa shape index (κ2) is 8.09. The summed E-state index contributed by atoms with van der Waals surface area (Å²) < 4.78 is 37.0. The molecule has 1 aliphatic rings. The molecule has 1 rings (SSSR count). The Kier molecular flexibility index (Phi) is 7.38. The van der Waals surface area contributed by atoms with Crippen LogP contribution in [0.5, 0.6) is 0 Å². The van der Waals surface area contributed by atoms with Crippen LogP contribution in [0.1, 0.15) is 53.4 Å². The molecule has 21 heavy (non-hydrogen) atoms. The zero-order valence-corrected chi connectivity index (χ0v) is 14.5. The standard InChI is InChI=1S/C16H30F3NS/c1-5-20-11-13-6-7-14(15(2,3)4)10-12(13)8-9-21-16(17,18)19/h12-14,20H,5-11H2,1-4H3. The van der Waals surface area contributed by atoms with Gasteiger partial charge in [-0.1, -0.05) is 39.5 Å². The monoisotopic (exact) mass is 325 g/mol. The Hall–Kier alpha value is 0.100. The molecule has 1 saturated carbocycles. The first kappa shape index (κ1) is 19.1. The first-order chi connectivity index (χ1) is 9.63. The van der Waals surface area contributed by atoms with E-state index in [1.807, 2.05) is 0 Å². The van der Waals surface area contributed by atoms with Crippen LogP contribution in [0.15, 0.2) is 0 Å². The van der Waals surface area contributed by atoms with Crippen molar-refractivity contribution in [2.75, 3.05) is 18.8 Å². The number of rotatable bonds is 6. The SMILES string of the molecule is CCNCC1CCC(C(C)(C)C)CC1CCSC(F)(F)F.